The molecule has 0 aromatic carbocycles. The predicted molar refractivity (Wildman–Crippen MR) is 52.4 cm³/mol. The Balaban J connectivity index is 1.75. The van der Waals surface area contributed by atoms with Gasteiger partial charge in [0, 0.05) is 6.42 Å². The van der Waals surface area contributed by atoms with Gasteiger partial charge in [-0.1, -0.05) is 38.5 Å². The Morgan fingerprint density at radius 3 is 2.54 bits per heavy atom. The second-order valence-electron chi connectivity index (χ2n) is 3.97. The van der Waals surface area contributed by atoms with Gasteiger partial charge < -0.3 is 4.74 Å². The molecule has 0 atom stereocenters. The molecule has 76 valence electrons. The highest BCUT2D eigenvalue weighted by molar-refractivity contribution is 5.68. The Morgan fingerprint density at radius 2 is 1.92 bits per heavy atom. The van der Waals surface area contributed by atoms with Crippen molar-refractivity contribution in [2.45, 2.75) is 51.4 Å². The van der Waals surface area contributed by atoms with Crippen LogP contribution in [-0.4, -0.2) is 13.1 Å². The van der Waals surface area contributed by atoms with Crippen molar-refractivity contribution in [3.63, 3.8) is 0 Å². The molecule has 13 heavy (non-hydrogen) atoms. The molecule has 0 heterocycles. The molecule has 0 aliphatic heterocycles. The Hall–Kier alpha value is -0.530. The second kappa shape index (κ2) is 6.01. The summed E-state index contributed by atoms with van der Waals surface area (Å²) in [5, 5.41) is 0. The molecule has 1 rings (SSSR count). The number of ether oxygens (including phenoxy) is 1. The molecule has 0 spiro atoms. The summed E-state index contributed by atoms with van der Waals surface area (Å²) in [6.45, 7) is 0. The van der Waals surface area contributed by atoms with Crippen molar-refractivity contribution < 1.29 is 9.53 Å². The Kier molecular flexibility index (Phi) is 4.87. The summed E-state index contributed by atoms with van der Waals surface area (Å²) >= 11 is 0. The fraction of sp³-hybridized carbons (Fsp3) is 0.909. The first-order valence-corrected chi connectivity index (χ1v) is 5.39. The van der Waals surface area contributed by atoms with Crippen LogP contribution in [0.15, 0.2) is 0 Å². The number of carbonyl (C=O) groups excluding carboxylic acids is 1. The van der Waals surface area contributed by atoms with E-state index >= 15 is 0 Å². The summed E-state index contributed by atoms with van der Waals surface area (Å²) in [4.78, 5) is 10.7. The molecule has 0 unspecified atom stereocenters. The first-order valence-electron chi connectivity index (χ1n) is 5.39. The van der Waals surface area contributed by atoms with Crippen LogP contribution in [0.25, 0.3) is 0 Å². The average molecular weight is 184 g/mol. The first-order chi connectivity index (χ1) is 6.33. The van der Waals surface area contributed by atoms with E-state index in [2.05, 4.69) is 4.74 Å². The third kappa shape index (κ3) is 5.67. The summed E-state index contributed by atoms with van der Waals surface area (Å²) in [6.07, 6.45) is 9.75. The van der Waals surface area contributed by atoms with Gasteiger partial charge in [0.1, 0.15) is 0 Å². The lowest BCUT2D eigenvalue weighted by Crippen LogP contribution is -1.99. The topological polar surface area (TPSA) is 26.3 Å². The van der Waals surface area contributed by atoms with E-state index < -0.39 is 0 Å². The van der Waals surface area contributed by atoms with Gasteiger partial charge in [0.15, 0.2) is 0 Å². The smallest absolute Gasteiger partial charge is 0.305 e. The SMILES string of the molecule is COC(=O)CCCCCCC1CC1. The van der Waals surface area contributed by atoms with Crippen molar-refractivity contribution in [2.75, 3.05) is 7.11 Å². The summed E-state index contributed by atoms with van der Waals surface area (Å²) < 4.78 is 4.57. The summed E-state index contributed by atoms with van der Waals surface area (Å²) in [5.41, 5.74) is 0. The minimum Gasteiger partial charge on any atom is -0.469 e. The number of unbranched alkanes of at least 4 members (excludes halogenated alkanes) is 3. The molecule has 0 saturated heterocycles. The van der Waals surface area contributed by atoms with E-state index in [4.69, 9.17) is 0 Å². The molecule has 2 nitrogen and oxygen atoms in total. The zero-order valence-electron chi connectivity index (χ0n) is 8.55. The van der Waals surface area contributed by atoms with E-state index in [1.54, 1.807) is 0 Å². The van der Waals surface area contributed by atoms with Gasteiger partial charge in [-0.15, -0.1) is 0 Å². The summed E-state index contributed by atoms with van der Waals surface area (Å²) in [7, 11) is 1.45. The predicted octanol–water partition coefficient (Wildman–Crippen LogP) is 2.91. The molecular weight excluding hydrogens is 164 g/mol. The molecule has 0 radical (unpaired) electrons. The van der Waals surface area contributed by atoms with E-state index in [1.165, 1.54) is 45.6 Å². The summed E-state index contributed by atoms with van der Waals surface area (Å²) in [5.74, 6) is 0.989. The van der Waals surface area contributed by atoms with Gasteiger partial charge in [0.05, 0.1) is 7.11 Å². The van der Waals surface area contributed by atoms with Crippen molar-refractivity contribution in [1.82, 2.24) is 0 Å². The van der Waals surface area contributed by atoms with Crippen LogP contribution in [0.3, 0.4) is 0 Å². The quantitative estimate of drug-likeness (QED) is 0.449. The highest BCUT2D eigenvalue weighted by Gasteiger charge is 2.19. The second-order valence-corrected chi connectivity index (χ2v) is 3.97. The fourth-order valence-electron chi connectivity index (χ4n) is 1.56. The largest absolute Gasteiger partial charge is 0.469 e. The molecule has 1 saturated carbocycles. The van der Waals surface area contributed by atoms with Crippen LogP contribution in [0.2, 0.25) is 0 Å². The van der Waals surface area contributed by atoms with Crippen LogP contribution in [0.1, 0.15) is 51.4 Å². The number of methoxy groups -OCH3 is 1. The van der Waals surface area contributed by atoms with Gasteiger partial charge in [-0.3, -0.25) is 4.79 Å². The molecule has 1 fully saturated rings. The zero-order valence-corrected chi connectivity index (χ0v) is 8.55. The minimum absolute atomic E-state index is 0.0674. The van der Waals surface area contributed by atoms with Gasteiger partial charge in [0.2, 0.25) is 0 Å². The van der Waals surface area contributed by atoms with Gasteiger partial charge in [-0.05, 0) is 12.3 Å². The van der Waals surface area contributed by atoms with Crippen LogP contribution < -0.4 is 0 Å². The van der Waals surface area contributed by atoms with E-state index in [1.807, 2.05) is 0 Å². The fourth-order valence-corrected chi connectivity index (χ4v) is 1.56. The van der Waals surface area contributed by atoms with Crippen molar-refractivity contribution in [1.29, 1.82) is 0 Å². The maximum absolute atomic E-state index is 10.7. The minimum atomic E-state index is -0.0674. The van der Waals surface area contributed by atoms with Crippen LogP contribution in [-0.2, 0) is 9.53 Å². The van der Waals surface area contributed by atoms with Crippen molar-refractivity contribution in [3.8, 4) is 0 Å². The van der Waals surface area contributed by atoms with Gasteiger partial charge in [-0.25, -0.2) is 0 Å². The highest BCUT2D eigenvalue weighted by Crippen LogP contribution is 2.34. The number of rotatable bonds is 7. The molecule has 0 N–H and O–H groups in total. The number of hydrogen-bond acceptors (Lipinski definition) is 2. The third-order valence-electron chi connectivity index (χ3n) is 2.67. The average Bonchev–Trinajstić information content (AvgIpc) is 2.94. The molecule has 1 aliphatic rings. The van der Waals surface area contributed by atoms with Crippen LogP contribution in [0.4, 0.5) is 0 Å². The number of esters is 1. The standard InChI is InChI=1S/C11H20O2/c1-13-11(12)7-5-3-2-4-6-10-8-9-10/h10H,2-9H2,1H3. The van der Waals surface area contributed by atoms with Crippen molar-refractivity contribution in [2.24, 2.45) is 5.92 Å². The number of hydrogen-bond donors (Lipinski definition) is 0. The normalized spacial score (nSPS) is 15.8. The molecule has 0 aromatic rings. The van der Waals surface area contributed by atoms with E-state index in [9.17, 15) is 4.79 Å². The van der Waals surface area contributed by atoms with Gasteiger partial charge in [0.25, 0.3) is 0 Å². The maximum atomic E-state index is 10.7. The first kappa shape index (κ1) is 10.6. The molecule has 0 amide bonds. The Labute approximate surface area is 80.7 Å². The molecular formula is C11H20O2. The van der Waals surface area contributed by atoms with E-state index in [0.29, 0.717) is 6.42 Å². The Morgan fingerprint density at radius 1 is 1.23 bits per heavy atom. The monoisotopic (exact) mass is 184 g/mol. The van der Waals surface area contributed by atoms with Crippen LogP contribution in [0, 0.1) is 5.92 Å². The van der Waals surface area contributed by atoms with Crippen LogP contribution in [0.5, 0.6) is 0 Å². The molecule has 0 aromatic heterocycles. The lowest BCUT2D eigenvalue weighted by atomic mass is 10.1. The van der Waals surface area contributed by atoms with E-state index in [-0.39, 0.29) is 5.97 Å². The molecule has 0 bridgehead atoms. The third-order valence-corrected chi connectivity index (χ3v) is 2.67. The molecule has 1 aliphatic carbocycles. The van der Waals surface area contributed by atoms with E-state index in [0.717, 1.165) is 12.3 Å². The van der Waals surface area contributed by atoms with Crippen LogP contribution >= 0.6 is 0 Å². The lowest BCUT2D eigenvalue weighted by molar-refractivity contribution is -0.140. The van der Waals surface area contributed by atoms with Crippen molar-refractivity contribution in [3.05, 3.63) is 0 Å². The number of carbonyl (C=O) groups is 1. The van der Waals surface area contributed by atoms with Gasteiger partial charge >= 0.3 is 5.97 Å². The zero-order chi connectivity index (χ0) is 9.52. The maximum Gasteiger partial charge on any atom is 0.305 e. The van der Waals surface area contributed by atoms with Crippen molar-refractivity contribution >= 4 is 5.97 Å². The lowest BCUT2D eigenvalue weighted by Gasteiger charge is -1.99. The Bertz CT molecular complexity index is 150. The summed E-state index contributed by atoms with van der Waals surface area (Å²) in [6, 6.07) is 0. The highest BCUT2D eigenvalue weighted by atomic mass is 16.5. The van der Waals surface area contributed by atoms with Gasteiger partial charge in [-0.2, -0.15) is 0 Å². The molecule has 2 heteroatoms.